The number of fused-ring (bicyclic) bond motifs is 10. The molecule has 0 saturated heterocycles. The largest absolute Gasteiger partial charge is 0.311 e. The first-order valence-corrected chi connectivity index (χ1v) is 25.5. The molecule has 0 atom stereocenters. The molecule has 0 amide bonds. The molecule has 14 rings (SSSR count). The van der Waals surface area contributed by atoms with Gasteiger partial charge in [0.05, 0.1) is 39.7 Å². The van der Waals surface area contributed by atoms with Crippen LogP contribution in [0.3, 0.4) is 0 Å². The molecule has 0 bridgehead atoms. The normalized spacial score (nSPS) is 13.2. The zero-order chi connectivity index (χ0) is 49.5. The third kappa shape index (κ3) is 6.41. The van der Waals surface area contributed by atoms with Gasteiger partial charge in [-0.25, -0.2) is 0 Å². The van der Waals surface area contributed by atoms with Crippen LogP contribution in [-0.2, 0) is 10.8 Å². The molecule has 5 nitrogen and oxygen atoms in total. The van der Waals surface area contributed by atoms with Crippen LogP contribution >= 0.6 is 0 Å². The van der Waals surface area contributed by atoms with E-state index >= 15 is 0 Å². The smallest absolute Gasteiger partial charge is 0.252 e. The fourth-order valence-electron chi connectivity index (χ4n) is 12.3. The highest BCUT2D eigenvalue weighted by atomic mass is 15.2. The Hall–Kier alpha value is -8.79. The number of hydrogen-bond acceptors (Lipinski definition) is 4. The molecule has 6 heteroatoms. The van der Waals surface area contributed by atoms with Crippen molar-refractivity contribution in [1.29, 1.82) is 5.26 Å². The van der Waals surface area contributed by atoms with Gasteiger partial charge in [0.1, 0.15) is 0 Å². The third-order valence-electron chi connectivity index (χ3n) is 15.8. The molecule has 0 unspecified atom stereocenters. The van der Waals surface area contributed by atoms with E-state index in [2.05, 4.69) is 273 Å². The Kier molecular flexibility index (Phi) is 9.20. The van der Waals surface area contributed by atoms with Gasteiger partial charge in [0.2, 0.25) is 0 Å². The fraction of sp³-hybridized carbons (Fsp3) is 0.119. The van der Waals surface area contributed by atoms with E-state index in [1.165, 1.54) is 65.7 Å². The van der Waals surface area contributed by atoms with Gasteiger partial charge >= 0.3 is 0 Å². The molecule has 1 aromatic heterocycles. The summed E-state index contributed by atoms with van der Waals surface area (Å²) in [6.45, 7) is 13.5. The van der Waals surface area contributed by atoms with Crippen molar-refractivity contribution in [3.63, 3.8) is 0 Å². The maximum absolute atomic E-state index is 11.1. The Morgan fingerprint density at radius 3 is 1.75 bits per heavy atom. The molecule has 0 N–H and O–H groups in total. The molecule has 3 aliphatic rings. The minimum atomic E-state index is -0.132. The number of nitrogens with zero attached hydrogens (tertiary/aromatic N) is 5. The average Bonchev–Trinajstić information content (AvgIpc) is 3.75. The standard InChI is InChI=1S/C67H52BN5/c1-66(2,3)45-26-32-47(33-27-45)70(48-34-28-46(29-35-48)67(4,5)6)50-36-37-55-60(40-50)71(49-30-24-44(25-31-49)52-18-11-15-43-14-7-8-16-51(43)52)61-38-42(41-69)39-62-63(61)68(55)56-20-13-23-59-65(56)73(62)58-22-12-19-54-53-17-9-10-21-57(53)72(59)64(54)58/h7-40H,1-6H3. The lowest BCUT2D eigenvalue weighted by Crippen LogP contribution is -2.61. The number of benzene rings is 10. The molecule has 10 aromatic carbocycles. The number of hydrogen-bond donors (Lipinski definition) is 0. The fourth-order valence-corrected chi connectivity index (χ4v) is 12.3. The molecule has 0 fully saturated rings. The van der Waals surface area contributed by atoms with Crippen LogP contribution in [0.15, 0.2) is 206 Å². The summed E-state index contributed by atoms with van der Waals surface area (Å²) in [6.07, 6.45) is 0. The molecule has 0 radical (unpaired) electrons. The maximum atomic E-state index is 11.1. The number of para-hydroxylation sites is 3. The summed E-state index contributed by atoms with van der Waals surface area (Å²) in [5.74, 6) is 0. The summed E-state index contributed by atoms with van der Waals surface area (Å²) in [7, 11) is 0. The van der Waals surface area contributed by atoms with Gasteiger partial charge in [0, 0.05) is 50.6 Å². The van der Waals surface area contributed by atoms with Crippen molar-refractivity contribution in [1.82, 2.24) is 4.57 Å². The van der Waals surface area contributed by atoms with Gasteiger partial charge in [0.25, 0.3) is 6.71 Å². The molecule has 3 aliphatic heterocycles. The highest BCUT2D eigenvalue weighted by molar-refractivity contribution is 7.00. The van der Waals surface area contributed by atoms with Gasteiger partial charge in [-0.05, 0) is 139 Å². The van der Waals surface area contributed by atoms with Gasteiger partial charge in [0.15, 0.2) is 0 Å². The molecule has 4 heterocycles. The van der Waals surface area contributed by atoms with Gasteiger partial charge < -0.3 is 19.3 Å². The Balaban J connectivity index is 1.03. The minimum absolute atomic E-state index is 0.0104. The summed E-state index contributed by atoms with van der Waals surface area (Å²) in [5, 5.41) is 16.0. The van der Waals surface area contributed by atoms with Crippen LogP contribution in [0.4, 0.5) is 51.2 Å². The zero-order valence-corrected chi connectivity index (χ0v) is 41.9. The van der Waals surface area contributed by atoms with Crippen LogP contribution in [-0.4, -0.2) is 11.3 Å². The van der Waals surface area contributed by atoms with Crippen molar-refractivity contribution in [3.05, 3.63) is 223 Å². The molecule has 11 aromatic rings. The second kappa shape index (κ2) is 15.6. The first-order valence-electron chi connectivity index (χ1n) is 25.5. The Morgan fingerprint density at radius 1 is 0.466 bits per heavy atom. The Labute approximate surface area is 427 Å². The van der Waals surface area contributed by atoms with E-state index in [9.17, 15) is 5.26 Å². The van der Waals surface area contributed by atoms with E-state index in [0.29, 0.717) is 5.56 Å². The van der Waals surface area contributed by atoms with Crippen LogP contribution < -0.4 is 31.1 Å². The molecule has 0 spiro atoms. The predicted octanol–water partition coefficient (Wildman–Crippen LogP) is 15.9. The summed E-state index contributed by atoms with van der Waals surface area (Å²) >= 11 is 0. The Morgan fingerprint density at radius 2 is 1.05 bits per heavy atom. The first-order chi connectivity index (χ1) is 35.4. The van der Waals surface area contributed by atoms with Crippen molar-refractivity contribution in [3.8, 4) is 22.9 Å². The van der Waals surface area contributed by atoms with Crippen LogP contribution in [0.5, 0.6) is 0 Å². The van der Waals surface area contributed by atoms with Crippen molar-refractivity contribution in [2.45, 2.75) is 52.4 Å². The molecular weight excluding hydrogens is 886 g/mol. The molecule has 73 heavy (non-hydrogen) atoms. The minimum Gasteiger partial charge on any atom is -0.311 e. The monoisotopic (exact) mass is 937 g/mol. The molecular formula is C67H52BN5. The van der Waals surface area contributed by atoms with Crippen molar-refractivity contribution >= 4 is 107 Å². The van der Waals surface area contributed by atoms with E-state index in [1.807, 2.05) is 0 Å². The summed E-state index contributed by atoms with van der Waals surface area (Å²) in [4.78, 5) is 7.30. The van der Waals surface area contributed by atoms with Crippen LogP contribution in [0.25, 0.3) is 49.4 Å². The summed E-state index contributed by atoms with van der Waals surface area (Å²) in [5.41, 5.74) is 22.3. The summed E-state index contributed by atoms with van der Waals surface area (Å²) < 4.78 is 2.47. The van der Waals surface area contributed by atoms with E-state index in [-0.39, 0.29) is 17.5 Å². The average molecular weight is 938 g/mol. The van der Waals surface area contributed by atoms with E-state index in [1.54, 1.807) is 0 Å². The number of aromatic nitrogens is 1. The van der Waals surface area contributed by atoms with E-state index in [0.717, 1.165) is 62.4 Å². The van der Waals surface area contributed by atoms with Gasteiger partial charge in [-0.1, -0.05) is 169 Å². The molecule has 348 valence electrons. The second-order valence-electron chi connectivity index (χ2n) is 22.1. The predicted molar refractivity (Wildman–Crippen MR) is 308 cm³/mol. The third-order valence-corrected chi connectivity index (χ3v) is 15.8. The van der Waals surface area contributed by atoms with Crippen LogP contribution in [0.1, 0.15) is 58.2 Å². The molecule has 0 saturated carbocycles. The lowest BCUT2D eigenvalue weighted by molar-refractivity contribution is 0.590. The number of nitriles is 1. The van der Waals surface area contributed by atoms with Crippen molar-refractivity contribution in [2.24, 2.45) is 0 Å². The molecule has 0 aliphatic carbocycles. The first kappa shape index (κ1) is 43.0. The van der Waals surface area contributed by atoms with Crippen LogP contribution in [0, 0.1) is 11.3 Å². The maximum Gasteiger partial charge on any atom is 0.252 e. The number of rotatable bonds is 5. The van der Waals surface area contributed by atoms with Gasteiger partial charge in [-0.3, -0.25) is 0 Å². The lowest BCUT2D eigenvalue weighted by Gasteiger charge is -2.46. The van der Waals surface area contributed by atoms with Crippen molar-refractivity contribution in [2.75, 3.05) is 14.7 Å². The van der Waals surface area contributed by atoms with E-state index < -0.39 is 0 Å². The number of anilines is 9. The Bertz CT molecular complexity index is 4060. The quantitative estimate of drug-likeness (QED) is 0.161. The van der Waals surface area contributed by atoms with Gasteiger partial charge in [-0.2, -0.15) is 5.26 Å². The van der Waals surface area contributed by atoms with E-state index in [4.69, 9.17) is 0 Å². The van der Waals surface area contributed by atoms with Gasteiger partial charge in [-0.15, -0.1) is 0 Å². The lowest BCUT2D eigenvalue weighted by atomic mass is 9.33. The second-order valence-corrected chi connectivity index (χ2v) is 22.1. The topological polar surface area (TPSA) is 38.4 Å². The highest BCUT2D eigenvalue weighted by Crippen LogP contribution is 2.53. The SMILES string of the molecule is CC(C)(C)c1ccc(N(c2ccc(C(C)(C)C)cc2)c2ccc3c(c2)N(c2ccc(-c4cccc5ccccc45)cc2)c2cc(C#N)cc4c2B3c2cccc3c2N4c2cccc4c5ccccc5n-3c24)cc1. The summed E-state index contributed by atoms with van der Waals surface area (Å²) in [6, 6.07) is 78.8. The zero-order valence-electron chi connectivity index (χ0n) is 41.9. The van der Waals surface area contributed by atoms with Crippen molar-refractivity contribution < 1.29 is 0 Å². The van der Waals surface area contributed by atoms with Crippen LogP contribution in [0.2, 0.25) is 0 Å². The highest BCUT2D eigenvalue weighted by Gasteiger charge is 2.46.